The molecule has 0 aromatic heterocycles. The van der Waals surface area contributed by atoms with Crippen LogP contribution in [-0.2, 0) is 4.79 Å². The summed E-state index contributed by atoms with van der Waals surface area (Å²) in [5.41, 5.74) is 0. The summed E-state index contributed by atoms with van der Waals surface area (Å²) in [5.74, 6) is 2.36. The van der Waals surface area contributed by atoms with Gasteiger partial charge in [-0.3, -0.25) is 4.79 Å². The molecule has 0 spiro atoms. The van der Waals surface area contributed by atoms with Gasteiger partial charge in [0.2, 0.25) is 5.91 Å². The Morgan fingerprint density at radius 3 is 2.73 bits per heavy atom. The summed E-state index contributed by atoms with van der Waals surface area (Å²) in [7, 11) is 3.36. The Labute approximate surface area is 132 Å². The summed E-state index contributed by atoms with van der Waals surface area (Å²) in [6.45, 7) is 3.85. The number of ether oxygens (including phenoxy) is 2. The second-order valence-electron chi connectivity index (χ2n) is 5.71. The summed E-state index contributed by atoms with van der Waals surface area (Å²) in [6.07, 6.45) is 2.76. The van der Waals surface area contributed by atoms with E-state index in [0.29, 0.717) is 18.9 Å². The lowest BCUT2D eigenvalue weighted by atomic mass is 10.1. The van der Waals surface area contributed by atoms with Gasteiger partial charge in [-0.15, -0.1) is 0 Å². The third-order valence-corrected chi connectivity index (χ3v) is 4.07. The SMILES string of the molecule is CNC(=O)C[C@H]1CCN(CCCOc2ccc(OC)cc2)C1. The fraction of sp³-hybridized carbons (Fsp3) is 0.588. The Morgan fingerprint density at radius 1 is 1.32 bits per heavy atom. The van der Waals surface area contributed by atoms with Crippen molar-refractivity contribution in [3.8, 4) is 11.5 Å². The van der Waals surface area contributed by atoms with Gasteiger partial charge >= 0.3 is 0 Å². The largest absolute Gasteiger partial charge is 0.497 e. The van der Waals surface area contributed by atoms with Crippen molar-refractivity contribution >= 4 is 5.91 Å². The van der Waals surface area contributed by atoms with E-state index in [1.54, 1.807) is 14.2 Å². The number of amides is 1. The summed E-state index contributed by atoms with van der Waals surface area (Å²) >= 11 is 0. The molecule has 5 nitrogen and oxygen atoms in total. The van der Waals surface area contributed by atoms with Gasteiger partial charge in [0.15, 0.2) is 0 Å². The number of rotatable bonds is 8. The third-order valence-electron chi connectivity index (χ3n) is 4.07. The Hall–Kier alpha value is -1.75. The molecule has 0 saturated carbocycles. The van der Waals surface area contributed by atoms with Crippen LogP contribution in [-0.4, -0.2) is 51.2 Å². The monoisotopic (exact) mass is 306 g/mol. The van der Waals surface area contributed by atoms with E-state index in [-0.39, 0.29) is 5.91 Å². The highest BCUT2D eigenvalue weighted by Gasteiger charge is 2.23. The van der Waals surface area contributed by atoms with Crippen LogP contribution in [0.5, 0.6) is 11.5 Å². The number of benzene rings is 1. The predicted molar refractivity (Wildman–Crippen MR) is 86.3 cm³/mol. The zero-order chi connectivity index (χ0) is 15.8. The summed E-state index contributed by atoms with van der Waals surface area (Å²) in [6, 6.07) is 7.65. The standard InChI is InChI=1S/C17H26N2O3/c1-18-17(20)12-14-8-10-19(13-14)9-3-11-22-16-6-4-15(21-2)5-7-16/h4-7,14H,3,8-13H2,1-2H3,(H,18,20)/t14-/m1/s1. The minimum atomic E-state index is 0.148. The average molecular weight is 306 g/mol. The highest BCUT2D eigenvalue weighted by molar-refractivity contribution is 5.75. The predicted octanol–water partition coefficient (Wildman–Crippen LogP) is 1.92. The van der Waals surface area contributed by atoms with Crippen LogP contribution in [0.1, 0.15) is 19.3 Å². The van der Waals surface area contributed by atoms with Gasteiger partial charge in [-0.1, -0.05) is 0 Å². The van der Waals surface area contributed by atoms with Crippen molar-refractivity contribution in [2.45, 2.75) is 19.3 Å². The van der Waals surface area contributed by atoms with Crippen molar-refractivity contribution < 1.29 is 14.3 Å². The van der Waals surface area contributed by atoms with Crippen molar-refractivity contribution in [3.05, 3.63) is 24.3 Å². The molecular weight excluding hydrogens is 280 g/mol. The minimum absolute atomic E-state index is 0.148. The van der Waals surface area contributed by atoms with Crippen molar-refractivity contribution in [2.24, 2.45) is 5.92 Å². The molecule has 1 aliphatic heterocycles. The fourth-order valence-corrected chi connectivity index (χ4v) is 2.80. The molecule has 0 radical (unpaired) electrons. The first kappa shape index (κ1) is 16.6. The molecule has 1 atom stereocenters. The lowest BCUT2D eigenvalue weighted by Crippen LogP contribution is -2.25. The van der Waals surface area contributed by atoms with Crippen molar-refractivity contribution in [3.63, 3.8) is 0 Å². The van der Waals surface area contributed by atoms with Crippen LogP contribution in [0.25, 0.3) is 0 Å². The van der Waals surface area contributed by atoms with E-state index in [2.05, 4.69) is 10.2 Å². The number of hydrogen-bond donors (Lipinski definition) is 1. The van der Waals surface area contributed by atoms with E-state index in [4.69, 9.17) is 9.47 Å². The molecule has 5 heteroatoms. The first-order valence-electron chi connectivity index (χ1n) is 7.91. The van der Waals surface area contributed by atoms with Crippen molar-refractivity contribution in [1.29, 1.82) is 0 Å². The average Bonchev–Trinajstić information content (AvgIpc) is 2.99. The summed E-state index contributed by atoms with van der Waals surface area (Å²) in [4.78, 5) is 13.8. The molecule has 1 aromatic rings. The molecule has 1 aromatic carbocycles. The molecule has 2 rings (SSSR count). The number of nitrogens with zero attached hydrogens (tertiary/aromatic N) is 1. The highest BCUT2D eigenvalue weighted by Crippen LogP contribution is 2.20. The maximum atomic E-state index is 11.4. The van der Waals surface area contributed by atoms with E-state index < -0.39 is 0 Å². The smallest absolute Gasteiger partial charge is 0.220 e. The zero-order valence-electron chi connectivity index (χ0n) is 13.5. The maximum Gasteiger partial charge on any atom is 0.220 e. The molecule has 0 unspecified atom stereocenters. The van der Waals surface area contributed by atoms with E-state index in [9.17, 15) is 4.79 Å². The van der Waals surface area contributed by atoms with Gasteiger partial charge in [-0.25, -0.2) is 0 Å². The van der Waals surface area contributed by atoms with Gasteiger partial charge in [0.25, 0.3) is 0 Å². The topological polar surface area (TPSA) is 50.8 Å². The molecule has 1 amide bonds. The normalized spacial score (nSPS) is 18.2. The van der Waals surface area contributed by atoms with E-state index in [1.807, 2.05) is 24.3 Å². The number of carbonyl (C=O) groups excluding carboxylic acids is 1. The highest BCUT2D eigenvalue weighted by atomic mass is 16.5. The first-order chi connectivity index (χ1) is 10.7. The van der Waals surface area contributed by atoms with Gasteiger partial charge in [0, 0.05) is 26.6 Å². The van der Waals surface area contributed by atoms with Crippen LogP contribution in [0.4, 0.5) is 0 Å². The molecule has 122 valence electrons. The molecule has 1 fully saturated rings. The van der Waals surface area contributed by atoms with Crippen LogP contribution in [0.2, 0.25) is 0 Å². The first-order valence-corrected chi connectivity index (χ1v) is 7.91. The Bertz CT molecular complexity index is 461. The molecule has 22 heavy (non-hydrogen) atoms. The second-order valence-corrected chi connectivity index (χ2v) is 5.71. The quantitative estimate of drug-likeness (QED) is 0.746. The van der Waals surface area contributed by atoms with Crippen LogP contribution in [0.3, 0.4) is 0 Å². The molecule has 1 saturated heterocycles. The van der Waals surface area contributed by atoms with Crippen LogP contribution >= 0.6 is 0 Å². The molecular formula is C17H26N2O3. The van der Waals surface area contributed by atoms with E-state index in [1.165, 1.54) is 0 Å². The van der Waals surface area contributed by atoms with Crippen LogP contribution in [0, 0.1) is 5.92 Å². The molecule has 0 aliphatic carbocycles. The molecule has 0 bridgehead atoms. The second kappa shape index (κ2) is 8.63. The summed E-state index contributed by atoms with van der Waals surface area (Å²) in [5, 5.41) is 2.70. The lowest BCUT2D eigenvalue weighted by molar-refractivity contribution is -0.121. The number of carbonyl (C=O) groups is 1. The lowest BCUT2D eigenvalue weighted by Gasteiger charge is -2.16. The van der Waals surface area contributed by atoms with Gasteiger partial charge in [-0.05, 0) is 49.6 Å². The molecule has 1 N–H and O–H groups in total. The fourth-order valence-electron chi connectivity index (χ4n) is 2.80. The van der Waals surface area contributed by atoms with Crippen molar-refractivity contribution in [1.82, 2.24) is 10.2 Å². The van der Waals surface area contributed by atoms with Gasteiger partial charge in [0.1, 0.15) is 11.5 Å². The molecule has 1 heterocycles. The van der Waals surface area contributed by atoms with Gasteiger partial charge in [-0.2, -0.15) is 0 Å². The summed E-state index contributed by atoms with van der Waals surface area (Å²) < 4.78 is 10.8. The Morgan fingerprint density at radius 2 is 2.05 bits per heavy atom. The third kappa shape index (κ3) is 5.22. The molecule has 1 aliphatic rings. The van der Waals surface area contributed by atoms with E-state index in [0.717, 1.165) is 44.0 Å². The zero-order valence-corrected chi connectivity index (χ0v) is 13.5. The van der Waals surface area contributed by atoms with Crippen LogP contribution < -0.4 is 14.8 Å². The van der Waals surface area contributed by atoms with Gasteiger partial charge in [0.05, 0.1) is 13.7 Å². The van der Waals surface area contributed by atoms with Crippen LogP contribution in [0.15, 0.2) is 24.3 Å². The Kier molecular flexibility index (Phi) is 6.52. The van der Waals surface area contributed by atoms with E-state index >= 15 is 0 Å². The number of likely N-dealkylation sites (tertiary alicyclic amines) is 1. The van der Waals surface area contributed by atoms with Crippen molar-refractivity contribution in [2.75, 3.05) is 40.4 Å². The Balaban J connectivity index is 1.60. The number of methoxy groups -OCH3 is 1. The minimum Gasteiger partial charge on any atom is -0.497 e. The maximum absolute atomic E-state index is 11.4. The number of hydrogen-bond acceptors (Lipinski definition) is 4. The number of nitrogens with one attached hydrogen (secondary N) is 1. The van der Waals surface area contributed by atoms with Gasteiger partial charge < -0.3 is 19.7 Å².